The minimum atomic E-state index is -0.392. The first-order valence-corrected chi connectivity index (χ1v) is 10.6. The predicted molar refractivity (Wildman–Crippen MR) is 99.1 cm³/mol. The van der Waals surface area contributed by atoms with E-state index in [1.807, 2.05) is 11.2 Å². The zero-order valence-electron chi connectivity index (χ0n) is 14.8. The number of urea groups is 1. The van der Waals surface area contributed by atoms with Crippen molar-refractivity contribution < 1.29 is 9.59 Å². The summed E-state index contributed by atoms with van der Waals surface area (Å²) in [5, 5.41) is 6.16. The van der Waals surface area contributed by atoms with Crippen LogP contribution in [0.1, 0.15) is 51.4 Å². The molecule has 0 aromatic heterocycles. The van der Waals surface area contributed by atoms with Gasteiger partial charge in [-0.3, -0.25) is 4.79 Å². The van der Waals surface area contributed by atoms with Crippen LogP contribution in [-0.2, 0) is 4.79 Å². The molecule has 2 fully saturated rings. The van der Waals surface area contributed by atoms with Gasteiger partial charge in [0.15, 0.2) is 0 Å². The van der Waals surface area contributed by atoms with E-state index in [0.29, 0.717) is 19.1 Å². The second kappa shape index (κ2) is 10.1. The number of carbonyl (C=O) groups is 2. The van der Waals surface area contributed by atoms with Crippen molar-refractivity contribution in [3.8, 4) is 0 Å². The van der Waals surface area contributed by atoms with E-state index in [2.05, 4.69) is 10.6 Å². The fraction of sp³-hybridized carbons (Fsp3) is 0.882. The van der Waals surface area contributed by atoms with Crippen LogP contribution in [0.5, 0.6) is 0 Å². The molecule has 1 saturated heterocycles. The summed E-state index contributed by atoms with van der Waals surface area (Å²) < 4.78 is 0. The Morgan fingerprint density at radius 2 is 1.67 bits per heavy atom. The normalized spacial score (nSPS) is 21.3. The number of hydrogen-bond donors (Lipinski definition) is 3. The number of carbonyl (C=O) groups excluding carboxylic acids is 2. The van der Waals surface area contributed by atoms with Crippen LogP contribution in [0.4, 0.5) is 4.79 Å². The maximum absolute atomic E-state index is 12.3. The van der Waals surface area contributed by atoms with Gasteiger partial charge in [0.25, 0.3) is 0 Å². The lowest BCUT2D eigenvalue weighted by Gasteiger charge is -2.34. The number of piperidine rings is 1. The summed E-state index contributed by atoms with van der Waals surface area (Å²) in [7, 11) is 0. The van der Waals surface area contributed by atoms with E-state index in [0.717, 1.165) is 37.9 Å². The zero-order valence-corrected chi connectivity index (χ0v) is 15.6. The van der Waals surface area contributed by atoms with Crippen molar-refractivity contribution in [2.45, 2.75) is 69.5 Å². The van der Waals surface area contributed by atoms with Crippen LogP contribution in [-0.4, -0.2) is 60.1 Å². The highest BCUT2D eigenvalue weighted by atomic mass is 32.2. The van der Waals surface area contributed by atoms with Gasteiger partial charge in [-0.1, -0.05) is 19.3 Å². The Balaban J connectivity index is 1.66. The Morgan fingerprint density at radius 3 is 2.25 bits per heavy atom. The smallest absolute Gasteiger partial charge is 0.315 e. The van der Waals surface area contributed by atoms with Crippen molar-refractivity contribution in [2.75, 3.05) is 25.1 Å². The largest absolute Gasteiger partial charge is 0.341 e. The number of nitrogens with two attached hydrogens (primary N) is 1. The average molecular weight is 357 g/mol. The van der Waals surface area contributed by atoms with Gasteiger partial charge in [0.2, 0.25) is 5.91 Å². The SMILES string of the molecule is CSCC[C@H](N)C(=O)N1CCC(NC(=O)NC2CCCCC2)CC1. The maximum atomic E-state index is 12.3. The molecule has 0 spiro atoms. The molecular formula is C17H32N4O2S. The van der Waals surface area contributed by atoms with Gasteiger partial charge in [0, 0.05) is 25.2 Å². The number of rotatable bonds is 6. The van der Waals surface area contributed by atoms with Crippen LogP contribution in [0.2, 0.25) is 0 Å². The molecule has 1 heterocycles. The van der Waals surface area contributed by atoms with Crippen LogP contribution in [0.25, 0.3) is 0 Å². The summed E-state index contributed by atoms with van der Waals surface area (Å²) in [6.07, 6.45) is 10.2. The second-order valence-electron chi connectivity index (χ2n) is 6.94. The van der Waals surface area contributed by atoms with E-state index in [4.69, 9.17) is 5.73 Å². The van der Waals surface area contributed by atoms with Crippen molar-refractivity contribution in [1.82, 2.24) is 15.5 Å². The first-order valence-electron chi connectivity index (χ1n) is 9.20. The highest BCUT2D eigenvalue weighted by Gasteiger charge is 2.27. The molecule has 0 aromatic rings. The van der Waals surface area contributed by atoms with Gasteiger partial charge < -0.3 is 21.3 Å². The Hall–Kier alpha value is -0.950. The summed E-state index contributed by atoms with van der Waals surface area (Å²) in [5.41, 5.74) is 5.97. The molecular weight excluding hydrogens is 324 g/mol. The lowest BCUT2D eigenvalue weighted by Crippen LogP contribution is -2.53. The Labute approximate surface area is 149 Å². The van der Waals surface area contributed by atoms with Gasteiger partial charge in [-0.15, -0.1) is 0 Å². The molecule has 0 radical (unpaired) electrons. The average Bonchev–Trinajstić information content (AvgIpc) is 2.60. The summed E-state index contributed by atoms with van der Waals surface area (Å²) in [4.78, 5) is 26.2. The number of hydrogen-bond acceptors (Lipinski definition) is 4. The van der Waals surface area contributed by atoms with E-state index in [1.54, 1.807) is 11.8 Å². The van der Waals surface area contributed by atoms with Crippen LogP contribution in [0.15, 0.2) is 0 Å². The van der Waals surface area contributed by atoms with Crippen molar-refractivity contribution in [3.05, 3.63) is 0 Å². The summed E-state index contributed by atoms with van der Waals surface area (Å²) in [5.74, 6) is 0.959. The quantitative estimate of drug-likeness (QED) is 0.676. The standard InChI is InChI=1S/C17H32N4O2S/c1-24-12-9-15(18)16(22)21-10-7-14(8-11-21)20-17(23)19-13-5-3-2-4-6-13/h13-15H,2-12,18H2,1H3,(H2,19,20,23)/t15-/m0/s1. The molecule has 1 aliphatic heterocycles. The van der Waals surface area contributed by atoms with E-state index in [-0.39, 0.29) is 18.0 Å². The minimum absolute atomic E-state index is 0.0501. The summed E-state index contributed by atoms with van der Waals surface area (Å²) in [6.45, 7) is 1.36. The molecule has 6 nitrogen and oxygen atoms in total. The molecule has 7 heteroatoms. The van der Waals surface area contributed by atoms with Gasteiger partial charge >= 0.3 is 6.03 Å². The third-order valence-electron chi connectivity index (χ3n) is 5.03. The van der Waals surface area contributed by atoms with Crippen LogP contribution < -0.4 is 16.4 Å². The summed E-state index contributed by atoms with van der Waals surface area (Å²) in [6, 6.07) is 0.0369. The number of nitrogens with zero attached hydrogens (tertiary/aromatic N) is 1. The first-order chi connectivity index (χ1) is 11.6. The van der Waals surface area contributed by atoms with Gasteiger partial charge in [-0.2, -0.15) is 11.8 Å². The molecule has 2 rings (SSSR count). The van der Waals surface area contributed by atoms with E-state index in [9.17, 15) is 9.59 Å². The molecule has 24 heavy (non-hydrogen) atoms. The molecule has 2 aliphatic rings. The molecule has 4 N–H and O–H groups in total. The van der Waals surface area contributed by atoms with E-state index < -0.39 is 6.04 Å². The lowest BCUT2D eigenvalue weighted by atomic mass is 9.96. The molecule has 0 unspecified atom stereocenters. The van der Waals surface area contributed by atoms with Crippen molar-refractivity contribution in [1.29, 1.82) is 0 Å². The lowest BCUT2D eigenvalue weighted by molar-refractivity contribution is -0.133. The molecule has 0 bridgehead atoms. The third-order valence-corrected chi connectivity index (χ3v) is 5.68. The van der Waals surface area contributed by atoms with Crippen LogP contribution in [0.3, 0.4) is 0 Å². The highest BCUT2D eigenvalue weighted by Crippen LogP contribution is 2.17. The Morgan fingerprint density at radius 1 is 1.08 bits per heavy atom. The molecule has 0 aromatic carbocycles. The molecule has 138 valence electrons. The Bertz CT molecular complexity index is 407. The van der Waals surface area contributed by atoms with Crippen molar-refractivity contribution in [3.63, 3.8) is 0 Å². The van der Waals surface area contributed by atoms with E-state index in [1.165, 1.54) is 19.3 Å². The monoisotopic (exact) mass is 356 g/mol. The summed E-state index contributed by atoms with van der Waals surface area (Å²) >= 11 is 1.71. The maximum Gasteiger partial charge on any atom is 0.315 e. The second-order valence-corrected chi connectivity index (χ2v) is 7.93. The first kappa shape index (κ1) is 19.4. The highest BCUT2D eigenvalue weighted by molar-refractivity contribution is 7.98. The van der Waals surface area contributed by atoms with Crippen molar-refractivity contribution >= 4 is 23.7 Å². The van der Waals surface area contributed by atoms with E-state index >= 15 is 0 Å². The van der Waals surface area contributed by atoms with Crippen LogP contribution >= 0.6 is 11.8 Å². The topological polar surface area (TPSA) is 87.5 Å². The van der Waals surface area contributed by atoms with Gasteiger partial charge in [0.05, 0.1) is 6.04 Å². The van der Waals surface area contributed by atoms with Gasteiger partial charge in [0.1, 0.15) is 0 Å². The third kappa shape index (κ3) is 6.16. The fourth-order valence-corrected chi connectivity index (χ4v) is 4.00. The Kier molecular flexibility index (Phi) is 8.18. The number of amides is 3. The van der Waals surface area contributed by atoms with Crippen molar-refractivity contribution in [2.24, 2.45) is 5.73 Å². The number of nitrogens with one attached hydrogen (secondary N) is 2. The number of likely N-dealkylation sites (tertiary alicyclic amines) is 1. The fourth-order valence-electron chi connectivity index (χ4n) is 3.51. The molecule has 1 atom stereocenters. The molecule has 1 saturated carbocycles. The van der Waals surface area contributed by atoms with Gasteiger partial charge in [-0.05, 0) is 44.1 Å². The zero-order chi connectivity index (χ0) is 17.4. The molecule has 1 aliphatic carbocycles. The number of thioether (sulfide) groups is 1. The van der Waals surface area contributed by atoms with Gasteiger partial charge in [-0.25, -0.2) is 4.79 Å². The predicted octanol–water partition coefficient (Wildman–Crippen LogP) is 1.69. The minimum Gasteiger partial charge on any atom is -0.341 e. The molecule has 3 amide bonds. The van der Waals surface area contributed by atoms with Crippen LogP contribution in [0, 0.1) is 0 Å².